The minimum atomic E-state index is 0.294. The van der Waals surface area contributed by atoms with Crippen molar-refractivity contribution >= 4 is 0 Å². The number of rotatable bonds is 2. The van der Waals surface area contributed by atoms with Crippen LogP contribution in [0.15, 0.2) is 24.0 Å². The molecule has 0 unspecified atom stereocenters. The quantitative estimate of drug-likeness (QED) is 0.317. The van der Waals surface area contributed by atoms with E-state index in [2.05, 4.69) is 11.3 Å². The Bertz CT molecular complexity index is 174. The third kappa shape index (κ3) is 3.36. The van der Waals surface area contributed by atoms with Gasteiger partial charge in [0.2, 0.25) is 0 Å². The summed E-state index contributed by atoms with van der Waals surface area (Å²) in [6.45, 7) is 5.39. The van der Waals surface area contributed by atoms with Gasteiger partial charge in [-0.3, -0.25) is 0 Å². The van der Waals surface area contributed by atoms with Crippen LogP contribution in [0.5, 0.6) is 0 Å². The fourth-order valence-electron chi connectivity index (χ4n) is 0.361. The highest BCUT2D eigenvalue weighted by molar-refractivity contribution is 5.23. The lowest BCUT2D eigenvalue weighted by atomic mass is 10.3. The van der Waals surface area contributed by atoms with Crippen LogP contribution in [-0.2, 0) is 4.74 Å². The maximum atomic E-state index is 8.29. The second-order valence-electron chi connectivity index (χ2n) is 1.67. The van der Waals surface area contributed by atoms with Crippen molar-refractivity contribution in [2.24, 2.45) is 0 Å². The molecular weight excluding hydrogens is 114 g/mol. The summed E-state index contributed by atoms with van der Waals surface area (Å²) in [7, 11) is 1.46. The Morgan fingerprint density at radius 1 is 1.78 bits per heavy atom. The van der Waals surface area contributed by atoms with Crippen molar-refractivity contribution in [2.75, 3.05) is 7.11 Å². The molecule has 0 aromatic rings. The first-order valence-corrected chi connectivity index (χ1v) is 2.52. The molecule has 0 aliphatic heterocycles. The molecular formula is C7H9NO. The summed E-state index contributed by atoms with van der Waals surface area (Å²) in [6.07, 6.45) is 1.58. The van der Waals surface area contributed by atoms with Gasteiger partial charge in [0.15, 0.2) is 5.76 Å². The summed E-state index contributed by atoms with van der Waals surface area (Å²) in [5.41, 5.74) is 0.813. The van der Waals surface area contributed by atoms with E-state index in [1.165, 1.54) is 7.11 Å². The van der Waals surface area contributed by atoms with E-state index in [-0.39, 0.29) is 0 Å². The third-order valence-corrected chi connectivity index (χ3v) is 0.708. The molecule has 0 aliphatic rings. The molecule has 0 fully saturated rings. The van der Waals surface area contributed by atoms with E-state index in [0.717, 1.165) is 5.57 Å². The van der Waals surface area contributed by atoms with Crippen molar-refractivity contribution in [2.45, 2.75) is 6.92 Å². The molecule has 2 nitrogen and oxygen atoms in total. The lowest BCUT2D eigenvalue weighted by molar-refractivity contribution is 0.310. The average molecular weight is 123 g/mol. The number of nitrogens with zero attached hydrogens (tertiary/aromatic N) is 1. The number of hydrogen-bond acceptors (Lipinski definition) is 2. The second-order valence-corrected chi connectivity index (χ2v) is 1.67. The molecule has 0 atom stereocenters. The SMILES string of the molecule is C=C(C)/C=C(\C#N)OC. The zero-order valence-corrected chi connectivity index (χ0v) is 5.64. The highest BCUT2D eigenvalue weighted by Gasteiger charge is 1.88. The largest absolute Gasteiger partial charge is 0.487 e. The number of ether oxygens (including phenoxy) is 1. The highest BCUT2D eigenvalue weighted by Crippen LogP contribution is 1.97. The summed E-state index contributed by atoms with van der Waals surface area (Å²) >= 11 is 0. The van der Waals surface area contributed by atoms with Crippen LogP contribution in [0.3, 0.4) is 0 Å². The Kier molecular flexibility index (Phi) is 3.22. The van der Waals surface area contributed by atoms with Gasteiger partial charge in [-0.05, 0) is 13.0 Å². The average Bonchev–Trinajstić information content (AvgIpc) is 1.82. The molecule has 0 aromatic carbocycles. The van der Waals surface area contributed by atoms with Crippen LogP contribution < -0.4 is 0 Å². The Balaban J connectivity index is 4.13. The Morgan fingerprint density at radius 3 is 2.44 bits per heavy atom. The van der Waals surface area contributed by atoms with Gasteiger partial charge in [-0.2, -0.15) is 5.26 Å². The second kappa shape index (κ2) is 3.73. The summed E-state index contributed by atoms with van der Waals surface area (Å²) in [5, 5.41) is 8.29. The normalized spacial score (nSPS) is 10.1. The first kappa shape index (κ1) is 7.77. The molecule has 48 valence electrons. The molecule has 0 saturated heterocycles. The van der Waals surface area contributed by atoms with Crippen LogP contribution in [0.1, 0.15) is 6.92 Å². The fourth-order valence-corrected chi connectivity index (χ4v) is 0.361. The molecule has 0 amide bonds. The van der Waals surface area contributed by atoms with E-state index >= 15 is 0 Å². The van der Waals surface area contributed by atoms with Crippen molar-refractivity contribution in [3.63, 3.8) is 0 Å². The van der Waals surface area contributed by atoms with Crippen molar-refractivity contribution in [3.8, 4) is 6.07 Å². The molecule has 0 bridgehead atoms. The van der Waals surface area contributed by atoms with Crippen molar-refractivity contribution < 1.29 is 4.74 Å². The van der Waals surface area contributed by atoms with Crippen LogP contribution in [0, 0.1) is 11.3 Å². The Morgan fingerprint density at radius 2 is 2.33 bits per heavy atom. The predicted molar refractivity (Wildman–Crippen MR) is 35.5 cm³/mol. The van der Waals surface area contributed by atoms with Gasteiger partial charge < -0.3 is 4.74 Å². The molecule has 0 radical (unpaired) electrons. The van der Waals surface area contributed by atoms with E-state index in [4.69, 9.17) is 5.26 Å². The monoisotopic (exact) mass is 123 g/mol. The third-order valence-electron chi connectivity index (χ3n) is 0.708. The minimum absolute atomic E-state index is 0.294. The highest BCUT2D eigenvalue weighted by atomic mass is 16.5. The maximum absolute atomic E-state index is 8.29. The predicted octanol–water partition coefficient (Wildman–Crippen LogP) is 1.62. The van der Waals surface area contributed by atoms with Crippen LogP contribution in [0.2, 0.25) is 0 Å². The standard InChI is InChI=1S/C7H9NO/c1-6(2)4-7(5-8)9-3/h4H,1H2,2-3H3/b7-4+. The topological polar surface area (TPSA) is 33.0 Å². The van der Waals surface area contributed by atoms with Crippen molar-refractivity contribution in [3.05, 3.63) is 24.0 Å². The molecule has 0 N–H and O–H groups in total. The smallest absolute Gasteiger partial charge is 0.196 e. The number of hydrogen-bond donors (Lipinski definition) is 0. The van der Waals surface area contributed by atoms with E-state index < -0.39 is 0 Å². The Hall–Kier alpha value is -1.23. The summed E-state index contributed by atoms with van der Waals surface area (Å²) < 4.78 is 4.65. The van der Waals surface area contributed by atoms with Gasteiger partial charge in [0.1, 0.15) is 6.07 Å². The van der Waals surface area contributed by atoms with Crippen LogP contribution in [-0.4, -0.2) is 7.11 Å². The molecule has 0 saturated carbocycles. The van der Waals surface area contributed by atoms with E-state index in [1.807, 2.05) is 6.07 Å². The summed E-state index contributed by atoms with van der Waals surface area (Å²) in [4.78, 5) is 0. The van der Waals surface area contributed by atoms with Gasteiger partial charge in [-0.15, -0.1) is 0 Å². The first-order valence-electron chi connectivity index (χ1n) is 2.52. The van der Waals surface area contributed by atoms with Gasteiger partial charge in [-0.1, -0.05) is 12.2 Å². The number of allylic oxidation sites excluding steroid dienone is 3. The minimum Gasteiger partial charge on any atom is -0.487 e. The van der Waals surface area contributed by atoms with Gasteiger partial charge in [0.25, 0.3) is 0 Å². The molecule has 9 heavy (non-hydrogen) atoms. The van der Waals surface area contributed by atoms with Gasteiger partial charge in [0, 0.05) is 0 Å². The van der Waals surface area contributed by atoms with Crippen LogP contribution >= 0.6 is 0 Å². The van der Waals surface area contributed by atoms with E-state index in [0.29, 0.717) is 5.76 Å². The van der Waals surface area contributed by atoms with Crippen LogP contribution in [0.4, 0.5) is 0 Å². The number of nitriles is 1. The zero-order valence-electron chi connectivity index (χ0n) is 5.64. The zero-order chi connectivity index (χ0) is 7.28. The summed E-state index contributed by atoms with van der Waals surface area (Å²) in [6, 6.07) is 1.86. The number of methoxy groups -OCH3 is 1. The molecule has 2 heteroatoms. The first-order chi connectivity index (χ1) is 4.20. The van der Waals surface area contributed by atoms with Gasteiger partial charge in [0.05, 0.1) is 7.11 Å². The molecule has 0 heterocycles. The van der Waals surface area contributed by atoms with Crippen molar-refractivity contribution in [1.82, 2.24) is 0 Å². The van der Waals surface area contributed by atoms with E-state index in [1.54, 1.807) is 13.0 Å². The maximum Gasteiger partial charge on any atom is 0.196 e. The van der Waals surface area contributed by atoms with Crippen LogP contribution in [0.25, 0.3) is 0 Å². The lowest BCUT2D eigenvalue weighted by Crippen LogP contribution is -1.80. The van der Waals surface area contributed by atoms with Gasteiger partial charge in [-0.25, -0.2) is 0 Å². The molecule has 0 aromatic heterocycles. The lowest BCUT2D eigenvalue weighted by Gasteiger charge is -1.92. The van der Waals surface area contributed by atoms with E-state index in [9.17, 15) is 0 Å². The molecule has 0 spiro atoms. The molecule has 0 rings (SSSR count). The molecule has 0 aliphatic carbocycles. The fraction of sp³-hybridized carbons (Fsp3) is 0.286. The Labute approximate surface area is 55.1 Å². The van der Waals surface area contributed by atoms with Crippen molar-refractivity contribution in [1.29, 1.82) is 5.26 Å². The summed E-state index contributed by atoms with van der Waals surface area (Å²) in [5.74, 6) is 0.294. The van der Waals surface area contributed by atoms with Gasteiger partial charge >= 0.3 is 0 Å².